The number of benzene rings is 2. The fourth-order valence-electron chi connectivity index (χ4n) is 3.64. The number of aromatic amines is 1. The highest BCUT2D eigenvalue weighted by atomic mass is 16.1. The lowest BCUT2D eigenvalue weighted by molar-refractivity contribution is 0.0961. The standard InChI is InChI=1S/C21H18N6O/c1-13-18(26-20(28)14-7-3-2-4-8-14)19(27-21(25-13)23-12-24-27)16-11-22-17-10-6-5-9-15(16)17/h2-12,19,22H,1H3,(H,26,28)(H,23,24,25)/t19-/m0/s1. The smallest absolute Gasteiger partial charge is 0.255 e. The third-order valence-corrected chi connectivity index (χ3v) is 4.99. The molecule has 0 spiro atoms. The first-order chi connectivity index (χ1) is 13.7. The maximum atomic E-state index is 12.9. The number of H-pyrrole nitrogens is 1. The minimum Gasteiger partial charge on any atom is -0.361 e. The van der Waals surface area contributed by atoms with Crippen LogP contribution in [0.2, 0.25) is 0 Å². The minimum absolute atomic E-state index is 0.162. The van der Waals surface area contributed by atoms with E-state index < -0.39 is 0 Å². The molecular weight excluding hydrogens is 352 g/mol. The summed E-state index contributed by atoms with van der Waals surface area (Å²) in [6.07, 6.45) is 3.48. The molecule has 4 aromatic rings. The van der Waals surface area contributed by atoms with Gasteiger partial charge in [-0.1, -0.05) is 36.4 Å². The van der Waals surface area contributed by atoms with Crippen molar-refractivity contribution in [2.45, 2.75) is 13.0 Å². The molecule has 2 aromatic carbocycles. The Balaban J connectivity index is 1.62. The lowest BCUT2D eigenvalue weighted by Gasteiger charge is -2.29. The predicted octanol–water partition coefficient (Wildman–Crippen LogP) is 3.44. The van der Waals surface area contributed by atoms with E-state index in [4.69, 9.17) is 0 Å². The van der Waals surface area contributed by atoms with Gasteiger partial charge in [0.25, 0.3) is 5.91 Å². The average molecular weight is 370 g/mol. The van der Waals surface area contributed by atoms with Gasteiger partial charge in [-0.3, -0.25) is 4.79 Å². The number of allylic oxidation sites excluding steroid dienone is 2. The Morgan fingerprint density at radius 2 is 1.89 bits per heavy atom. The van der Waals surface area contributed by atoms with Crippen molar-refractivity contribution in [2.75, 3.05) is 5.32 Å². The second kappa shape index (κ2) is 6.38. The highest BCUT2D eigenvalue weighted by molar-refractivity contribution is 5.95. The number of carbonyl (C=O) groups excluding carboxylic acids is 1. The number of rotatable bonds is 3. The lowest BCUT2D eigenvalue weighted by Crippen LogP contribution is -2.35. The molecule has 0 fully saturated rings. The van der Waals surface area contributed by atoms with Crippen molar-refractivity contribution in [3.05, 3.63) is 89.6 Å². The second-order valence-electron chi connectivity index (χ2n) is 6.70. The summed E-state index contributed by atoms with van der Waals surface area (Å²) in [5.74, 6) is 0.482. The number of para-hydroxylation sites is 1. The first-order valence-electron chi connectivity index (χ1n) is 9.02. The SMILES string of the molecule is CC1=C(NC(=O)c2ccccc2)[C@H](c2c[nH]c3ccccc23)n2ncnc2N1. The van der Waals surface area contributed by atoms with E-state index in [1.54, 1.807) is 16.8 Å². The van der Waals surface area contributed by atoms with Gasteiger partial charge in [0.15, 0.2) is 0 Å². The molecule has 1 aliphatic rings. The molecule has 0 bridgehead atoms. The summed E-state index contributed by atoms with van der Waals surface area (Å²) in [7, 11) is 0. The van der Waals surface area contributed by atoms with Crippen LogP contribution in [-0.2, 0) is 0 Å². The second-order valence-corrected chi connectivity index (χ2v) is 6.70. The molecule has 7 nitrogen and oxygen atoms in total. The molecule has 0 saturated heterocycles. The van der Waals surface area contributed by atoms with Crippen molar-refractivity contribution >= 4 is 22.8 Å². The quantitative estimate of drug-likeness (QED) is 0.516. The van der Waals surface area contributed by atoms with Crippen molar-refractivity contribution < 1.29 is 4.79 Å². The molecular formula is C21H18N6O. The van der Waals surface area contributed by atoms with Crippen LogP contribution in [0.4, 0.5) is 5.95 Å². The van der Waals surface area contributed by atoms with Gasteiger partial charge in [0.1, 0.15) is 12.4 Å². The van der Waals surface area contributed by atoms with Crippen LogP contribution in [0.25, 0.3) is 10.9 Å². The molecule has 5 rings (SSSR count). The number of aromatic nitrogens is 4. The van der Waals surface area contributed by atoms with E-state index in [1.165, 1.54) is 6.33 Å². The van der Waals surface area contributed by atoms with Crippen LogP contribution in [0, 0.1) is 0 Å². The molecule has 0 saturated carbocycles. The monoisotopic (exact) mass is 370 g/mol. The van der Waals surface area contributed by atoms with Crippen LogP contribution in [0.1, 0.15) is 28.9 Å². The zero-order chi connectivity index (χ0) is 19.1. The molecule has 0 radical (unpaired) electrons. The molecule has 3 N–H and O–H groups in total. The summed E-state index contributed by atoms with van der Waals surface area (Å²) in [6, 6.07) is 17.0. The van der Waals surface area contributed by atoms with Gasteiger partial charge in [0, 0.05) is 33.9 Å². The summed E-state index contributed by atoms with van der Waals surface area (Å²) >= 11 is 0. The molecule has 1 aliphatic heterocycles. The minimum atomic E-state index is -0.303. The summed E-state index contributed by atoms with van der Waals surface area (Å²) in [5, 5.41) is 11.8. The first kappa shape index (κ1) is 16.3. The van der Waals surface area contributed by atoms with Gasteiger partial charge in [0.2, 0.25) is 5.95 Å². The zero-order valence-corrected chi connectivity index (χ0v) is 15.2. The fourth-order valence-corrected chi connectivity index (χ4v) is 3.64. The Morgan fingerprint density at radius 1 is 1.11 bits per heavy atom. The molecule has 0 unspecified atom stereocenters. The van der Waals surface area contributed by atoms with Crippen molar-refractivity contribution in [1.29, 1.82) is 0 Å². The third kappa shape index (κ3) is 2.56. The lowest BCUT2D eigenvalue weighted by atomic mass is 10.00. The maximum Gasteiger partial charge on any atom is 0.255 e. The van der Waals surface area contributed by atoms with Crippen molar-refractivity contribution in [1.82, 2.24) is 25.1 Å². The van der Waals surface area contributed by atoms with Crippen LogP contribution < -0.4 is 10.6 Å². The predicted molar refractivity (Wildman–Crippen MR) is 107 cm³/mol. The van der Waals surface area contributed by atoms with Crippen molar-refractivity contribution in [2.24, 2.45) is 0 Å². The summed E-state index contributed by atoms with van der Waals surface area (Å²) in [5.41, 5.74) is 4.23. The number of anilines is 1. The Hall–Kier alpha value is -3.87. The Kier molecular flexibility index (Phi) is 3.72. The van der Waals surface area contributed by atoms with Crippen molar-refractivity contribution in [3.8, 4) is 0 Å². The van der Waals surface area contributed by atoms with Gasteiger partial charge in [-0.2, -0.15) is 10.1 Å². The highest BCUT2D eigenvalue weighted by Crippen LogP contribution is 2.36. The van der Waals surface area contributed by atoms with Crippen LogP contribution in [0.3, 0.4) is 0 Å². The fraction of sp³-hybridized carbons (Fsp3) is 0.0952. The van der Waals surface area contributed by atoms with Gasteiger partial charge >= 0.3 is 0 Å². The third-order valence-electron chi connectivity index (χ3n) is 4.99. The van der Waals surface area contributed by atoms with E-state index in [1.807, 2.05) is 49.5 Å². The van der Waals surface area contributed by atoms with E-state index >= 15 is 0 Å². The maximum absolute atomic E-state index is 12.9. The van der Waals surface area contributed by atoms with Crippen LogP contribution in [0.15, 0.2) is 78.5 Å². The molecule has 0 aliphatic carbocycles. The normalized spacial score (nSPS) is 16.0. The first-order valence-corrected chi connectivity index (χ1v) is 9.02. The number of nitrogens with one attached hydrogen (secondary N) is 3. The average Bonchev–Trinajstić information content (AvgIpc) is 3.36. The van der Waals surface area contributed by atoms with Crippen LogP contribution in [0.5, 0.6) is 0 Å². The Bertz CT molecular complexity index is 1200. The number of hydrogen-bond donors (Lipinski definition) is 3. The topological polar surface area (TPSA) is 87.6 Å². The largest absolute Gasteiger partial charge is 0.361 e. The molecule has 3 heterocycles. The van der Waals surface area contributed by atoms with E-state index in [9.17, 15) is 4.79 Å². The Labute approximate surface area is 161 Å². The molecule has 1 amide bonds. The van der Waals surface area contributed by atoms with Crippen molar-refractivity contribution in [3.63, 3.8) is 0 Å². The molecule has 28 heavy (non-hydrogen) atoms. The van der Waals surface area contributed by atoms with E-state index in [2.05, 4.69) is 31.8 Å². The zero-order valence-electron chi connectivity index (χ0n) is 15.2. The van der Waals surface area contributed by atoms with E-state index in [-0.39, 0.29) is 11.9 Å². The number of fused-ring (bicyclic) bond motifs is 2. The van der Waals surface area contributed by atoms with Gasteiger partial charge in [-0.25, -0.2) is 4.68 Å². The number of nitrogens with zero attached hydrogens (tertiary/aromatic N) is 3. The molecule has 7 heteroatoms. The summed E-state index contributed by atoms with van der Waals surface area (Å²) < 4.78 is 1.79. The van der Waals surface area contributed by atoms with Gasteiger partial charge in [-0.15, -0.1) is 0 Å². The molecule has 1 atom stereocenters. The Morgan fingerprint density at radius 3 is 2.75 bits per heavy atom. The molecule has 138 valence electrons. The number of hydrogen-bond acceptors (Lipinski definition) is 4. The number of carbonyl (C=O) groups is 1. The number of amides is 1. The van der Waals surface area contributed by atoms with Gasteiger partial charge in [0.05, 0.1) is 5.70 Å². The summed E-state index contributed by atoms with van der Waals surface area (Å²) in [6.45, 7) is 1.93. The van der Waals surface area contributed by atoms with Gasteiger partial charge < -0.3 is 15.6 Å². The van der Waals surface area contributed by atoms with Crippen LogP contribution >= 0.6 is 0 Å². The van der Waals surface area contributed by atoms with Gasteiger partial charge in [-0.05, 0) is 25.1 Å². The highest BCUT2D eigenvalue weighted by Gasteiger charge is 2.32. The summed E-state index contributed by atoms with van der Waals surface area (Å²) in [4.78, 5) is 20.5. The van der Waals surface area contributed by atoms with E-state index in [0.717, 1.165) is 27.9 Å². The molecule has 2 aromatic heterocycles. The van der Waals surface area contributed by atoms with Crippen LogP contribution in [-0.4, -0.2) is 25.7 Å². The van der Waals surface area contributed by atoms with E-state index in [0.29, 0.717) is 11.5 Å².